The molecule has 0 amide bonds. The number of hydrogen-bond donors (Lipinski definition) is 3. The predicted molar refractivity (Wildman–Crippen MR) is 33.8 cm³/mol. The summed E-state index contributed by atoms with van der Waals surface area (Å²) in [4.78, 5) is 0. The lowest BCUT2D eigenvalue weighted by atomic mass is 10.3. The third kappa shape index (κ3) is 1.64. The summed E-state index contributed by atoms with van der Waals surface area (Å²) in [5.41, 5.74) is -0.442. The lowest BCUT2D eigenvalue weighted by Gasteiger charge is -2.11. The molecule has 0 saturated carbocycles. The van der Waals surface area contributed by atoms with Crippen molar-refractivity contribution in [2.75, 3.05) is 0 Å². The van der Waals surface area contributed by atoms with Crippen molar-refractivity contribution in [3.8, 4) is 5.75 Å². The third-order valence-electron chi connectivity index (χ3n) is 1.18. The van der Waals surface area contributed by atoms with Crippen LogP contribution < -0.4 is 5.23 Å². The number of rotatable bonds is 1. The Bertz CT molecular complexity index is 264. The average Bonchev–Trinajstić information content (AvgIpc) is 1.85. The van der Waals surface area contributed by atoms with Crippen molar-refractivity contribution < 1.29 is 19.9 Å². The number of hydrogen-bond acceptors (Lipinski definition) is 3. The van der Waals surface area contributed by atoms with Crippen LogP contribution in [0.1, 0.15) is 0 Å². The molecule has 0 aliphatic carbocycles. The lowest BCUT2D eigenvalue weighted by molar-refractivity contribution is -0.992. The molecule has 0 fully saturated rings. The summed E-state index contributed by atoms with van der Waals surface area (Å²) < 4.78 is 12.6. The third-order valence-corrected chi connectivity index (χ3v) is 1.18. The number of benzene rings is 1. The number of aromatic hydroxyl groups is 1. The van der Waals surface area contributed by atoms with E-state index in [1.807, 2.05) is 0 Å². The van der Waals surface area contributed by atoms with Gasteiger partial charge >= 0.3 is 0 Å². The minimum Gasteiger partial charge on any atom is -0.595 e. The van der Waals surface area contributed by atoms with Gasteiger partial charge in [-0.3, -0.25) is 0 Å². The minimum absolute atomic E-state index is 0.285. The summed E-state index contributed by atoms with van der Waals surface area (Å²) in [6.07, 6.45) is 0. The first-order chi connectivity index (χ1) is 5.11. The smallest absolute Gasteiger partial charge is 0.200 e. The monoisotopic (exact) mass is 159 g/mol. The van der Waals surface area contributed by atoms with Gasteiger partial charge in [0, 0.05) is 12.1 Å². The molecule has 0 spiro atoms. The quantitative estimate of drug-likeness (QED) is 0.397. The first kappa shape index (κ1) is 7.93. The van der Waals surface area contributed by atoms with Gasteiger partial charge in [0.15, 0.2) is 11.5 Å². The lowest BCUT2D eigenvalue weighted by Crippen LogP contribution is -2.99. The highest BCUT2D eigenvalue weighted by molar-refractivity contribution is 5.36. The van der Waals surface area contributed by atoms with Crippen molar-refractivity contribution >= 4 is 5.69 Å². The van der Waals surface area contributed by atoms with Crippen LogP contribution in [0.3, 0.4) is 0 Å². The van der Waals surface area contributed by atoms with E-state index in [2.05, 4.69) is 0 Å². The van der Waals surface area contributed by atoms with E-state index in [9.17, 15) is 9.60 Å². The van der Waals surface area contributed by atoms with Crippen LogP contribution in [0.4, 0.5) is 10.1 Å². The van der Waals surface area contributed by atoms with E-state index < -0.39 is 16.7 Å². The molecule has 0 heterocycles. The van der Waals surface area contributed by atoms with Crippen molar-refractivity contribution in [1.29, 1.82) is 0 Å². The highest BCUT2D eigenvalue weighted by Gasteiger charge is 2.08. The van der Waals surface area contributed by atoms with Crippen molar-refractivity contribution in [2.24, 2.45) is 0 Å². The molecule has 1 rings (SSSR count). The number of nitrogens with one attached hydrogen (secondary N) is 1. The Morgan fingerprint density at radius 2 is 2.09 bits per heavy atom. The van der Waals surface area contributed by atoms with Crippen LogP contribution in [-0.4, -0.2) is 10.3 Å². The van der Waals surface area contributed by atoms with Gasteiger partial charge in [-0.25, -0.2) is 9.60 Å². The second-order valence-corrected chi connectivity index (χ2v) is 1.97. The maximum Gasteiger partial charge on any atom is 0.200 e. The van der Waals surface area contributed by atoms with E-state index in [0.717, 1.165) is 18.2 Å². The van der Waals surface area contributed by atoms with E-state index in [1.165, 1.54) is 0 Å². The molecule has 1 aromatic carbocycles. The fourth-order valence-electron chi connectivity index (χ4n) is 0.677. The topological polar surface area (TPSA) is 68.0 Å². The molecule has 3 N–H and O–H groups in total. The van der Waals surface area contributed by atoms with Crippen LogP contribution in [0.5, 0.6) is 5.75 Å². The number of quaternary nitrogens is 1. The zero-order valence-electron chi connectivity index (χ0n) is 5.41. The Hall–Kier alpha value is -1.17. The van der Waals surface area contributed by atoms with Gasteiger partial charge in [0.05, 0.1) is 0 Å². The zero-order valence-corrected chi connectivity index (χ0v) is 5.41. The van der Waals surface area contributed by atoms with E-state index in [0.29, 0.717) is 0 Å². The summed E-state index contributed by atoms with van der Waals surface area (Å²) in [5, 5.41) is 25.9. The number of phenolic OH excluding ortho intramolecular Hbond substituents is 1. The summed E-state index contributed by atoms with van der Waals surface area (Å²) in [6, 6.07) is 2.88. The minimum atomic E-state index is -1.34. The van der Waals surface area contributed by atoms with Gasteiger partial charge in [-0.2, -0.15) is 5.23 Å². The molecule has 1 atom stereocenters. The molecule has 60 valence electrons. The zero-order chi connectivity index (χ0) is 8.43. The van der Waals surface area contributed by atoms with Crippen molar-refractivity contribution in [1.82, 2.24) is 0 Å². The summed E-state index contributed by atoms with van der Waals surface area (Å²) in [6.45, 7) is 0. The van der Waals surface area contributed by atoms with Crippen molar-refractivity contribution in [2.45, 2.75) is 0 Å². The van der Waals surface area contributed by atoms with Gasteiger partial charge in [-0.1, -0.05) is 0 Å². The Kier molecular flexibility index (Phi) is 2.04. The summed E-state index contributed by atoms with van der Waals surface area (Å²) >= 11 is 0. The van der Waals surface area contributed by atoms with E-state index in [4.69, 9.17) is 10.3 Å². The SMILES string of the molecule is [O-][NH+](O)c1ccc(O)cc1F. The number of halogens is 1. The van der Waals surface area contributed by atoms with Gasteiger partial charge in [-0.05, 0) is 6.07 Å². The van der Waals surface area contributed by atoms with Gasteiger partial charge in [-0.15, -0.1) is 0 Å². The first-order valence-electron chi connectivity index (χ1n) is 2.83. The Labute approximate surface area is 61.6 Å². The maximum atomic E-state index is 12.6. The molecule has 0 bridgehead atoms. The summed E-state index contributed by atoms with van der Waals surface area (Å²) in [5.74, 6) is -1.22. The molecular formula is C6H6FNO3. The first-order valence-corrected chi connectivity index (χ1v) is 2.83. The van der Waals surface area contributed by atoms with Crippen molar-refractivity contribution in [3.63, 3.8) is 0 Å². The largest absolute Gasteiger partial charge is 0.595 e. The van der Waals surface area contributed by atoms with Crippen LogP contribution in [0.15, 0.2) is 18.2 Å². The van der Waals surface area contributed by atoms with E-state index >= 15 is 0 Å². The molecule has 11 heavy (non-hydrogen) atoms. The molecule has 0 saturated heterocycles. The molecule has 5 heteroatoms. The van der Waals surface area contributed by atoms with E-state index in [-0.39, 0.29) is 5.75 Å². The van der Waals surface area contributed by atoms with Crippen molar-refractivity contribution in [3.05, 3.63) is 29.2 Å². The maximum absolute atomic E-state index is 12.6. The molecular weight excluding hydrogens is 153 g/mol. The highest BCUT2D eigenvalue weighted by Crippen LogP contribution is 2.15. The standard InChI is InChI=1S/C6H6FNO3/c7-5-3-4(9)1-2-6(5)8(10)11/h1-3,8-10H. The molecule has 0 aromatic heterocycles. The van der Waals surface area contributed by atoms with Crippen LogP contribution in [0, 0.1) is 11.0 Å². The van der Waals surface area contributed by atoms with Crippen LogP contribution in [0.2, 0.25) is 0 Å². The van der Waals surface area contributed by atoms with Gasteiger partial charge in [0.25, 0.3) is 0 Å². The Morgan fingerprint density at radius 1 is 1.45 bits per heavy atom. The Balaban J connectivity index is 3.09. The fraction of sp³-hybridized carbons (Fsp3) is 0. The molecule has 0 radical (unpaired) electrons. The second-order valence-electron chi connectivity index (χ2n) is 1.97. The predicted octanol–water partition coefficient (Wildman–Crippen LogP) is -0.0653. The van der Waals surface area contributed by atoms with Crippen LogP contribution in [0.25, 0.3) is 0 Å². The van der Waals surface area contributed by atoms with Gasteiger partial charge in [0.1, 0.15) is 5.75 Å². The Morgan fingerprint density at radius 3 is 2.55 bits per heavy atom. The normalized spacial score (nSPS) is 13.0. The molecule has 1 unspecified atom stereocenters. The molecule has 0 aliphatic rings. The molecule has 0 aliphatic heterocycles. The van der Waals surface area contributed by atoms with Gasteiger partial charge < -0.3 is 10.3 Å². The molecule has 4 nitrogen and oxygen atoms in total. The fourth-order valence-corrected chi connectivity index (χ4v) is 0.677. The molecule has 1 aromatic rings. The van der Waals surface area contributed by atoms with Crippen LogP contribution in [-0.2, 0) is 0 Å². The van der Waals surface area contributed by atoms with Crippen LogP contribution >= 0.6 is 0 Å². The number of phenols is 1. The highest BCUT2D eigenvalue weighted by atomic mass is 19.1. The van der Waals surface area contributed by atoms with Gasteiger partial charge in [0.2, 0.25) is 0 Å². The summed E-state index contributed by atoms with van der Waals surface area (Å²) in [7, 11) is 0. The van der Waals surface area contributed by atoms with E-state index in [1.54, 1.807) is 0 Å². The second kappa shape index (κ2) is 2.83. The average molecular weight is 159 g/mol.